The minimum atomic E-state index is -0.0278. The van der Waals surface area contributed by atoms with Gasteiger partial charge in [0.15, 0.2) is 0 Å². The maximum atomic E-state index is 9.16. The Kier molecular flexibility index (Phi) is 5.64. The Morgan fingerprint density at radius 3 is 2.20 bits per heavy atom. The Balaban J connectivity index is 0.000000371. The van der Waals surface area contributed by atoms with Gasteiger partial charge in [0, 0.05) is 5.92 Å². The van der Waals surface area contributed by atoms with E-state index in [0.717, 1.165) is 19.5 Å². The number of hydrogen-bond donors (Lipinski definition) is 2. The van der Waals surface area contributed by atoms with Gasteiger partial charge in [0.25, 0.3) is 0 Å². The van der Waals surface area contributed by atoms with E-state index in [2.05, 4.69) is 12.2 Å². The van der Waals surface area contributed by atoms with Crippen molar-refractivity contribution in [1.82, 2.24) is 0 Å². The Morgan fingerprint density at radius 1 is 1.40 bits per heavy atom. The maximum absolute atomic E-state index is 9.16. The zero-order chi connectivity index (χ0) is 7.98. The Hall–Kier alpha value is -0.0800. The summed E-state index contributed by atoms with van der Waals surface area (Å²) in [7, 11) is 0. The van der Waals surface area contributed by atoms with Crippen LogP contribution in [0, 0.1) is 5.92 Å². The van der Waals surface area contributed by atoms with Crippen LogP contribution in [0.1, 0.15) is 27.2 Å². The molecule has 1 aliphatic rings. The predicted octanol–water partition coefficient (Wildman–Crippen LogP) is -0.0233. The Morgan fingerprint density at radius 2 is 2.00 bits per heavy atom. The van der Waals surface area contributed by atoms with Crippen LogP contribution in [0.15, 0.2) is 0 Å². The summed E-state index contributed by atoms with van der Waals surface area (Å²) in [6.45, 7) is 8.17. The van der Waals surface area contributed by atoms with Crippen LogP contribution in [0.3, 0.4) is 0 Å². The third-order valence-electron chi connectivity index (χ3n) is 1.95. The summed E-state index contributed by atoms with van der Waals surface area (Å²) in [6.07, 6.45) is 1.09. The molecule has 0 saturated carbocycles. The summed E-state index contributed by atoms with van der Waals surface area (Å²) < 4.78 is 0. The van der Waals surface area contributed by atoms with Crippen molar-refractivity contribution >= 4 is 0 Å². The molecule has 0 unspecified atom stereocenters. The second-order valence-corrected chi connectivity index (χ2v) is 2.50. The van der Waals surface area contributed by atoms with Crippen molar-refractivity contribution in [1.29, 1.82) is 0 Å². The molecule has 0 spiro atoms. The van der Waals surface area contributed by atoms with Crippen LogP contribution < -0.4 is 5.32 Å². The van der Waals surface area contributed by atoms with Gasteiger partial charge in [0.2, 0.25) is 0 Å². The number of aliphatic hydroxyl groups excluding tert-OH is 1. The molecule has 2 atom stereocenters. The zero-order valence-corrected chi connectivity index (χ0v) is 7.30. The van der Waals surface area contributed by atoms with Crippen LogP contribution in [0.2, 0.25) is 0 Å². The van der Waals surface area contributed by atoms with Crippen LogP contribution in [-0.2, 0) is 0 Å². The van der Waals surface area contributed by atoms with Crippen molar-refractivity contribution in [2.45, 2.75) is 33.3 Å². The minimum Gasteiger partial charge on any atom is -0.387 e. The second-order valence-electron chi connectivity index (χ2n) is 2.50. The highest BCUT2D eigenvalue weighted by molar-refractivity contribution is 4.68. The number of rotatable bonds is 1. The highest BCUT2D eigenvalue weighted by Crippen LogP contribution is 2.07. The lowest BCUT2D eigenvalue weighted by Crippen LogP contribution is -2.82. The third kappa shape index (κ3) is 2.67. The third-order valence-corrected chi connectivity index (χ3v) is 1.95. The quantitative estimate of drug-likeness (QED) is 0.536. The molecule has 1 aliphatic heterocycles. The van der Waals surface area contributed by atoms with Crippen molar-refractivity contribution in [2.24, 2.45) is 5.92 Å². The molecule has 1 heterocycles. The minimum absolute atomic E-state index is 0.0278. The van der Waals surface area contributed by atoms with Gasteiger partial charge in [-0.05, 0) is 6.42 Å². The Labute approximate surface area is 63.6 Å². The first-order valence-corrected chi connectivity index (χ1v) is 4.34. The second kappa shape index (κ2) is 5.69. The van der Waals surface area contributed by atoms with Gasteiger partial charge in [-0.2, -0.15) is 0 Å². The standard InChI is InChI=1S/C6H13NO.C2H6/c1-2-5-3-7-4-6(5)8;1-2/h5-8H,2-4H2,1H3;1-2H3/p+1/t5-,6-;/m0./s1. The van der Waals surface area contributed by atoms with Crippen molar-refractivity contribution in [3.63, 3.8) is 0 Å². The number of quaternary nitrogens is 1. The van der Waals surface area contributed by atoms with Gasteiger partial charge >= 0.3 is 0 Å². The molecular weight excluding hydrogens is 126 g/mol. The SMILES string of the molecule is CC.CC[C@H]1C[NH2+]C[C@@H]1O. The fourth-order valence-electron chi connectivity index (χ4n) is 1.27. The largest absolute Gasteiger partial charge is 0.387 e. The van der Waals surface area contributed by atoms with Gasteiger partial charge in [0.05, 0.1) is 6.54 Å². The van der Waals surface area contributed by atoms with E-state index < -0.39 is 0 Å². The van der Waals surface area contributed by atoms with Gasteiger partial charge in [-0.15, -0.1) is 0 Å². The van der Waals surface area contributed by atoms with E-state index in [1.165, 1.54) is 0 Å². The summed E-state index contributed by atoms with van der Waals surface area (Å²) in [4.78, 5) is 0. The van der Waals surface area contributed by atoms with Crippen molar-refractivity contribution in [3.05, 3.63) is 0 Å². The molecule has 1 rings (SSSR count). The predicted molar refractivity (Wildman–Crippen MR) is 42.8 cm³/mol. The van der Waals surface area contributed by atoms with E-state index in [4.69, 9.17) is 5.11 Å². The molecule has 10 heavy (non-hydrogen) atoms. The van der Waals surface area contributed by atoms with Crippen molar-refractivity contribution in [2.75, 3.05) is 13.1 Å². The zero-order valence-electron chi connectivity index (χ0n) is 7.30. The average molecular weight is 146 g/mol. The van der Waals surface area contributed by atoms with Gasteiger partial charge in [0.1, 0.15) is 12.6 Å². The molecule has 3 N–H and O–H groups in total. The molecular formula is C8H20NO+. The molecule has 2 heteroatoms. The van der Waals surface area contributed by atoms with Gasteiger partial charge in [-0.25, -0.2) is 0 Å². The number of nitrogens with two attached hydrogens (primary N) is 1. The summed E-state index contributed by atoms with van der Waals surface area (Å²) >= 11 is 0. The lowest BCUT2D eigenvalue weighted by Gasteiger charge is -2.04. The molecule has 2 nitrogen and oxygen atoms in total. The summed E-state index contributed by atoms with van der Waals surface area (Å²) in [5.74, 6) is 0.565. The molecule has 0 radical (unpaired) electrons. The van der Waals surface area contributed by atoms with Crippen LogP contribution in [-0.4, -0.2) is 24.3 Å². The molecule has 62 valence electrons. The topological polar surface area (TPSA) is 36.8 Å². The number of hydrogen-bond acceptors (Lipinski definition) is 1. The first kappa shape index (κ1) is 9.92. The first-order chi connectivity index (χ1) is 4.84. The molecule has 0 aromatic heterocycles. The molecule has 0 bridgehead atoms. The van der Waals surface area contributed by atoms with Crippen LogP contribution in [0.25, 0.3) is 0 Å². The summed E-state index contributed by atoms with van der Waals surface area (Å²) in [5.41, 5.74) is 0. The summed E-state index contributed by atoms with van der Waals surface area (Å²) in [5, 5.41) is 11.3. The van der Waals surface area contributed by atoms with Crippen LogP contribution >= 0.6 is 0 Å². The van der Waals surface area contributed by atoms with E-state index in [1.807, 2.05) is 13.8 Å². The number of aliphatic hydroxyl groups is 1. The van der Waals surface area contributed by atoms with E-state index >= 15 is 0 Å². The van der Waals surface area contributed by atoms with Crippen LogP contribution in [0.5, 0.6) is 0 Å². The maximum Gasteiger partial charge on any atom is 0.111 e. The fourth-order valence-corrected chi connectivity index (χ4v) is 1.27. The monoisotopic (exact) mass is 146 g/mol. The van der Waals surface area contributed by atoms with Crippen molar-refractivity contribution in [3.8, 4) is 0 Å². The van der Waals surface area contributed by atoms with E-state index in [0.29, 0.717) is 5.92 Å². The molecule has 0 aromatic rings. The van der Waals surface area contributed by atoms with Crippen LogP contribution in [0.4, 0.5) is 0 Å². The van der Waals surface area contributed by atoms with E-state index in [-0.39, 0.29) is 6.10 Å². The highest BCUT2D eigenvalue weighted by atomic mass is 16.3. The molecule has 0 aliphatic carbocycles. The van der Waals surface area contributed by atoms with Gasteiger partial charge in [-0.1, -0.05) is 20.8 Å². The molecule has 1 fully saturated rings. The lowest BCUT2D eigenvalue weighted by molar-refractivity contribution is -0.640. The normalized spacial score (nSPS) is 31.2. The fraction of sp³-hybridized carbons (Fsp3) is 1.00. The smallest absolute Gasteiger partial charge is 0.111 e. The van der Waals surface area contributed by atoms with Crippen molar-refractivity contribution < 1.29 is 10.4 Å². The molecule has 1 saturated heterocycles. The first-order valence-electron chi connectivity index (χ1n) is 4.34. The lowest BCUT2D eigenvalue weighted by atomic mass is 10.0. The average Bonchev–Trinajstić information content (AvgIpc) is 2.39. The Bertz CT molecular complexity index is 75.7. The molecule has 0 aromatic carbocycles. The summed E-state index contributed by atoms with van der Waals surface area (Å²) in [6, 6.07) is 0. The highest BCUT2D eigenvalue weighted by Gasteiger charge is 2.26. The van der Waals surface area contributed by atoms with Gasteiger partial charge in [-0.3, -0.25) is 0 Å². The van der Waals surface area contributed by atoms with Gasteiger partial charge < -0.3 is 10.4 Å². The van der Waals surface area contributed by atoms with E-state index in [9.17, 15) is 0 Å². The molecule has 0 amide bonds. The van der Waals surface area contributed by atoms with E-state index in [1.54, 1.807) is 0 Å².